The van der Waals surface area contributed by atoms with E-state index in [1.807, 2.05) is 6.07 Å². The van der Waals surface area contributed by atoms with Gasteiger partial charge in [0.15, 0.2) is 6.29 Å². The molecule has 1 aromatic rings. The van der Waals surface area contributed by atoms with Gasteiger partial charge in [0, 0.05) is 0 Å². The van der Waals surface area contributed by atoms with Gasteiger partial charge in [-0.15, -0.1) is 11.3 Å². The molecule has 0 unspecified atom stereocenters. The van der Waals surface area contributed by atoms with Crippen LogP contribution in [0.3, 0.4) is 0 Å². The number of carbonyl (C=O) groups excluding carboxylic acids is 1. The van der Waals surface area contributed by atoms with Crippen LogP contribution >= 0.6 is 11.3 Å². The summed E-state index contributed by atoms with van der Waals surface area (Å²) in [5.74, 6) is 0. The van der Waals surface area contributed by atoms with Gasteiger partial charge in [0.05, 0.1) is 4.88 Å². The molecule has 1 aromatic heterocycles. The number of carbonyl (C=O) groups is 1. The molecule has 0 spiro atoms. The van der Waals surface area contributed by atoms with Gasteiger partial charge in [0.25, 0.3) is 0 Å². The number of thiophene rings is 1. The third-order valence-corrected chi connectivity index (χ3v) is 4.00. The number of rotatable bonds is 2. The first-order valence-corrected chi connectivity index (χ1v) is 6.99. The monoisotopic (exact) mass is 234 g/mol. The number of allylic oxidation sites excluding steroid dienone is 1. The van der Waals surface area contributed by atoms with Gasteiger partial charge in [-0.1, -0.05) is 30.9 Å². The second-order valence-corrected chi connectivity index (χ2v) is 5.41. The third kappa shape index (κ3) is 3.31. The number of aldehydes is 1. The van der Waals surface area contributed by atoms with E-state index in [1.165, 1.54) is 61.8 Å². The Kier molecular flexibility index (Phi) is 4.34. The van der Waals surface area contributed by atoms with Gasteiger partial charge in [-0.3, -0.25) is 4.79 Å². The van der Waals surface area contributed by atoms with Crippen molar-refractivity contribution in [3.05, 3.63) is 27.5 Å². The molecular formula is C14H18OS. The molecule has 1 heterocycles. The highest BCUT2D eigenvalue weighted by molar-refractivity contribution is 7.11. The zero-order valence-electron chi connectivity index (χ0n) is 9.58. The van der Waals surface area contributed by atoms with E-state index in [1.54, 1.807) is 5.57 Å². The van der Waals surface area contributed by atoms with E-state index < -0.39 is 0 Å². The lowest BCUT2D eigenvalue weighted by Crippen LogP contribution is -1.91. The van der Waals surface area contributed by atoms with E-state index in [-0.39, 0.29) is 0 Å². The van der Waals surface area contributed by atoms with Crippen molar-refractivity contribution in [2.75, 3.05) is 0 Å². The lowest BCUT2D eigenvalue weighted by molar-refractivity contribution is 0.112. The molecule has 2 rings (SSSR count). The highest BCUT2D eigenvalue weighted by atomic mass is 32.1. The van der Waals surface area contributed by atoms with E-state index in [0.717, 1.165) is 11.2 Å². The van der Waals surface area contributed by atoms with Crippen LogP contribution in [0, 0.1) is 0 Å². The molecule has 1 aliphatic carbocycles. The van der Waals surface area contributed by atoms with Gasteiger partial charge < -0.3 is 0 Å². The fraction of sp³-hybridized carbons (Fsp3) is 0.500. The van der Waals surface area contributed by atoms with Crippen molar-refractivity contribution in [1.29, 1.82) is 0 Å². The minimum Gasteiger partial charge on any atom is -0.297 e. The maximum absolute atomic E-state index is 10.6. The summed E-state index contributed by atoms with van der Waals surface area (Å²) in [7, 11) is 0. The minimum atomic E-state index is 0.831. The average Bonchev–Trinajstić information content (AvgIpc) is 2.69. The molecule has 2 heteroatoms. The lowest BCUT2D eigenvalue weighted by Gasteiger charge is -2.11. The normalized spacial score (nSPS) is 17.6. The molecule has 0 bridgehead atoms. The molecule has 0 atom stereocenters. The average molecular weight is 234 g/mol. The first-order valence-electron chi connectivity index (χ1n) is 6.11. The zero-order chi connectivity index (χ0) is 11.2. The van der Waals surface area contributed by atoms with Crippen molar-refractivity contribution in [2.24, 2.45) is 0 Å². The summed E-state index contributed by atoms with van der Waals surface area (Å²) in [5, 5.41) is 2.08. The highest BCUT2D eigenvalue weighted by Crippen LogP contribution is 2.25. The van der Waals surface area contributed by atoms with Crippen LogP contribution < -0.4 is 0 Å². The molecule has 1 nitrogen and oxygen atoms in total. The van der Waals surface area contributed by atoms with Crippen molar-refractivity contribution in [3.8, 4) is 0 Å². The molecule has 1 fully saturated rings. The van der Waals surface area contributed by atoms with Gasteiger partial charge in [-0.2, -0.15) is 0 Å². The Morgan fingerprint density at radius 3 is 2.38 bits per heavy atom. The maximum Gasteiger partial charge on any atom is 0.160 e. The SMILES string of the molecule is O=Cc1cc(C=C2CCCCCCC2)cs1. The van der Waals surface area contributed by atoms with Gasteiger partial charge in [-0.25, -0.2) is 0 Å². The van der Waals surface area contributed by atoms with Crippen LogP contribution in [0.4, 0.5) is 0 Å². The fourth-order valence-electron chi connectivity index (χ4n) is 2.25. The van der Waals surface area contributed by atoms with E-state index >= 15 is 0 Å². The third-order valence-electron chi connectivity index (χ3n) is 3.12. The molecule has 1 saturated carbocycles. The van der Waals surface area contributed by atoms with Crippen molar-refractivity contribution >= 4 is 23.7 Å². The molecule has 0 amide bonds. The summed E-state index contributed by atoms with van der Waals surface area (Å²) < 4.78 is 0. The van der Waals surface area contributed by atoms with Crippen molar-refractivity contribution in [1.82, 2.24) is 0 Å². The summed E-state index contributed by atoms with van der Waals surface area (Å²) in [5.41, 5.74) is 2.78. The molecule has 0 N–H and O–H groups in total. The molecule has 0 aliphatic heterocycles. The molecule has 16 heavy (non-hydrogen) atoms. The molecule has 0 saturated heterocycles. The largest absolute Gasteiger partial charge is 0.297 e. The van der Waals surface area contributed by atoms with Crippen LogP contribution in [0.2, 0.25) is 0 Å². The van der Waals surface area contributed by atoms with Crippen LogP contribution in [-0.4, -0.2) is 6.29 Å². The Hall–Kier alpha value is -0.890. The second kappa shape index (κ2) is 6.00. The van der Waals surface area contributed by atoms with Crippen LogP contribution in [0.5, 0.6) is 0 Å². The highest BCUT2D eigenvalue weighted by Gasteiger charge is 2.04. The first-order chi connectivity index (χ1) is 7.88. The molecule has 0 aromatic carbocycles. The Balaban J connectivity index is 2.05. The minimum absolute atomic E-state index is 0.831. The fourth-order valence-corrected chi connectivity index (χ4v) is 2.91. The van der Waals surface area contributed by atoms with Crippen molar-refractivity contribution in [3.63, 3.8) is 0 Å². The Labute approximate surface area is 101 Å². The summed E-state index contributed by atoms with van der Waals surface area (Å²) in [6.45, 7) is 0. The lowest BCUT2D eigenvalue weighted by atomic mass is 9.95. The summed E-state index contributed by atoms with van der Waals surface area (Å²) in [6, 6.07) is 1.99. The predicted octanol–water partition coefficient (Wildman–Crippen LogP) is 4.69. The zero-order valence-corrected chi connectivity index (χ0v) is 10.4. The van der Waals surface area contributed by atoms with E-state index in [2.05, 4.69) is 11.5 Å². The number of hydrogen-bond donors (Lipinski definition) is 0. The first kappa shape index (κ1) is 11.6. The van der Waals surface area contributed by atoms with Crippen LogP contribution in [0.1, 0.15) is 60.2 Å². The van der Waals surface area contributed by atoms with Crippen LogP contribution in [0.15, 0.2) is 17.0 Å². The molecule has 86 valence electrons. The van der Waals surface area contributed by atoms with Gasteiger partial charge in [-0.05, 0) is 42.7 Å². The van der Waals surface area contributed by atoms with E-state index in [4.69, 9.17) is 0 Å². The van der Waals surface area contributed by atoms with Crippen molar-refractivity contribution < 1.29 is 4.79 Å². The summed E-state index contributed by atoms with van der Waals surface area (Å²) >= 11 is 1.53. The molecular weight excluding hydrogens is 216 g/mol. The summed E-state index contributed by atoms with van der Waals surface area (Å²) in [4.78, 5) is 11.4. The van der Waals surface area contributed by atoms with Crippen LogP contribution in [0.25, 0.3) is 6.08 Å². The molecule has 1 aliphatic rings. The smallest absolute Gasteiger partial charge is 0.160 e. The maximum atomic E-state index is 10.6. The quantitative estimate of drug-likeness (QED) is 0.678. The Morgan fingerprint density at radius 2 is 1.75 bits per heavy atom. The second-order valence-electron chi connectivity index (χ2n) is 4.47. The van der Waals surface area contributed by atoms with E-state index in [9.17, 15) is 4.79 Å². The standard InChI is InChI=1S/C14H18OS/c15-10-14-9-13(11-16-14)8-12-6-4-2-1-3-5-7-12/h8-11H,1-7H2. The van der Waals surface area contributed by atoms with Gasteiger partial charge >= 0.3 is 0 Å². The topological polar surface area (TPSA) is 17.1 Å². The Bertz CT molecular complexity index is 366. The van der Waals surface area contributed by atoms with Gasteiger partial charge in [0.2, 0.25) is 0 Å². The molecule has 0 radical (unpaired) electrons. The van der Waals surface area contributed by atoms with Gasteiger partial charge in [0.1, 0.15) is 0 Å². The van der Waals surface area contributed by atoms with Crippen molar-refractivity contribution in [2.45, 2.75) is 44.9 Å². The number of hydrogen-bond acceptors (Lipinski definition) is 2. The van der Waals surface area contributed by atoms with Crippen LogP contribution in [-0.2, 0) is 0 Å². The van der Waals surface area contributed by atoms with E-state index in [0.29, 0.717) is 0 Å². The predicted molar refractivity (Wildman–Crippen MR) is 70.0 cm³/mol. The summed E-state index contributed by atoms with van der Waals surface area (Å²) in [6.07, 6.45) is 12.5. The Morgan fingerprint density at radius 1 is 1.06 bits per heavy atom.